The van der Waals surface area contributed by atoms with E-state index >= 15 is 0 Å². The summed E-state index contributed by atoms with van der Waals surface area (Å²) in [4.78, 5) is 14.4. The number of aliphatic hydroxyl groups is 1. The molecule has 2 aliphatic rings. The van der Waals surface area contributed by atoms with Crippen molar-refractivity contribution in [2.75, 3.05) is 32.9 Å². The van der Waals surface area contributed by atoms with Crippen LogP contribution in [-0.2, 0) is 4.74 Å². The predicted octanol–water partition coefficient (Wildman–Crippen LogP) is 0.782. The van der Waals surface area contributed by atoms with Crippen LogP contribution in [0.25, 0.3) is 0 Å². The van der Waals surface area contributed by atoms with E-state index in [9.17, 15) is 15.0 Å². The van der Waals surface area contributed by atoms with Crippen LogP contribution in [0.15, 0.2) is 18.2 Å². The normalized spacial score (nSPS) is 28.7. The van der Waals surface area contributed by atoms with Crippen LogP contribution in [0.5, 0.6) is 5.75 Å². The summed E-state index contributed by atoms with van der Waals surface area (Å²) in [7, 11) is 0. The number of benzene rings is 1. The number of hydrogen-bond donors (Lipinski definition) is 2. The molecule has 1 aromatic carbocycles. The number of rotatable bonds is 2. The summed E-state index contributed by atoms with van der Waals surface area (Å²) in [6, 6.07) is 4.83. The van der Waals surface area contributed by atoms with Gasteiger partial charge in [-0.1, -0.05) is 6.07 Å². The van der Waals surface area contributed by atoms with E-state index in [0.29, 0.717) is 31.9 Å². The molecule has 0 radical (unpaired) electrons. The molecule has 2 N–H and O–H groups in total. The Hall–Kier alpha value is -1.59. The first-order valence-electron chi connectivity index (χ1n) is 6.83. The van der Waals surface area contributed by atoms with Crippen LogP contribution in [0.4, 0.5) is 0 Å². The Morgan fingerprint density at radius 2 is 2.35 bits per heavy atom. The minimum atomic E-state index is -0.305. The van der Waals surface area contributed by atoms with Gasteiger partial charge in [-0.3, -0.25) is 4.79 Å². The van der Waals surface area contributed by atoms with Crippen molar-refractivity contribution in [1.29, 1.82) is 0 Å². The quantitative estimate of drug-likeness (QED) is 0.838. The number of aromatic hydroxyl groups is 1. The number of aryl methyl sites for hydroxylation is 1. The average molecular weight is 277 g/mol. The minimum absolute atomic E-state index is 0.0421. The lowest BCUT2D eigenvalue weighted by Crippen LogP contribution is -2.36. The van der Waals surface area contributed by atoms with Gasteiger partial charge in [-0.05, 0) is 24.6 Å². The summed E-state index contributed by atoms with van der Waals surface area (Å²) in [5.41, 5.74) is 1.07. The number of carbonyl (C=O) groups is 1. The zero-order valence-corrected chi connectivity index (χ0v) is 11.5. The number of ether oxygens (including phenoxy) is 1. The molecule has 0 aromatic heterocycles. The Kier molecular flexibility index (Phi) is 3.18. The Morgan fingerprint density at radius 3 is 3.05 bits per heavy atom. The molecule has 1 aromatic rings. The van der Waals surface area contributed by atoms with Crippen LogP contribution in [0.3, 0.4) is 0 Å². The van der Waals surface area contributed by atoms with Gasteiger partial charge in [0.15, 0.2) is 0 Å². The lowest BCUT2D eigenvalue weighted by Gasteiger charge is -2.24. The van der Waals surface area contributed by atoms with Gasteiger partial charge in [0.1, 0.15) is 5.75 Å². The fourth-order valence-electron chi connectivity index (χ4n) is 3.22. The second kappa shape index (κ2) is 4.75. The topological polar surface area (TPSA) is 70.0 Å². The summed E-state index contributed by atoms with van der Waals surface area (Å²) < 4.78 is 5.44. The third kappa shape index (κ3) is 1.98. The van der Waals surface area contributed by atoms with Gasteiger partial charge < -0.3 is 19.8 Å². The second-order valence-corrected chi connectivity index (χ2v) is 5.92. The van der Waals surface area contributed by atoms with Crippen molar-refractivity contribution in [1.82, 2.24) is 4.90 Å². The predicted molar refractivity (Wildman–Crippen MR) is 72.6 cm³/mol. The number of likely N-dealkylation sites (tertiary alicyclic amines) is 1. The molecular weight excluding hydrogens is 258 g/mol. The Bertz CT molecular complexity index is 545. The van der Waals surface area contributed by atoms with Gasteiger partial charge in [-0.15, -0.1) is 0 Å². The number of nitrogens with zero attached hydrogens (tertiary/aromatic N) is 1. The Morgan fingerprint density at radius 1 is 1.55 bits per heavy atom. The van der Waals surface area contributed by atoms with Crippen molar-refractivity contribution in [2.45, 2.75) is 6.92 Å². The maximum atomic E-state index is 12.6. The molecule has 0 aliphatic carbocycles. The van der Waals surface area contributed by atoms with E-state index in [0.717, 1.165) is 5.56 Å². The summed E-state index contributed by atoms with van der Waals surface area (Å²) in [6.07, 6.45) is 0. The molecule has 3 rings (SSSR count). The molecule has 5 heteroatoms. The number of carbonyl (C=O) groups excluding carboxylic acids is 1. The Labute approximate surface area is 117 Å². The molecule has 2 aliphatic heterocycles. The van der Waals surface area contributed by atoms with Gasteiger partial charge >= 0.3 is 0 Å². The average Bonchev–Trinajstić information content (AvgIpc) is 2.97. The van der Waals surface area contributed by atoms with E-state index in [1.807, 2.05) is 6.92 Å². The van der Waals surface area contributed by atoms with E-state index in [1.165, 1.54) is 6.07 Å². The molecule has 5 nitrogen and oxygen atoms in total. The SMILES string of the molecule is Cc1ccc(O)cc1C(=O)N1C[C@H]2COC[C@@]2(CO)C1. The summed E-state index contributed by atoms with van der Waals surface area (Å²) in [6.45, 7) is 4.13. The number of phenolic OH excluding ortho intramolecular Hbond substituents is 1. The fourth-order valence-corrected chi connectivity index (χ4v) is 3.22. The number of fused-ring (bicyclic) bond motifs is 1. The molecule has 0 spiro atoms. The van der Waals surface area contributed by atoms with Crippen LogP contribution < -0.4 is 0 Å². The number of phenols is 1. The zero-order valence-electron chi connectivity index (χ0n) is 11.5. The molecular formula is C15H19NO4. The van der Waals surface area contributed by atoms with E-state index in [1.54, 1.807) is 17.0 Å². The van der Waals surface area contributed by atoms with E-state index in [4.69, 9.17) is 4.74 Å². The van der Waals surface area contributed by atoms with Gasteiger partial charge in [-0.2, -0.15) is 0 Å². The highest BCUT2D eigenvalue weighted by Crippen LogP contribution is 2.41. The van der Waals surface area contributed by atoms with E-state index < -0.39 is 0 Å². The molecule has 0 saturated carbocycles. The van der Waals surface area contributed by atoms with Gasteiger partial charge in [0.05, 0.1) is 19.8 Å². The van der Waals surface area contributed by atoms with Crippen molar-refractivity contribution in [2.24, 2.45) is 11.3 Å². The maximum Gasteiger partial charge on any atom is 0.254 e. The van der Waals surface area contributed by atoms with Gasteiger partial charge in [-0.25, -0.2) is 0 Å². The van der Waals surface area contributed by atoms with Crippen LogP contribution in [0, 0.1) is 18.3 Å². The van der Waals surface area contributed by atoms with Crippen molar-refractivity contribution < 1.29 is 19.7 Å². The van der Waals surface area contributed by atoms with Crippen molar-refractivity contribution >= 4 is 5.91 Å². The number of hydrogen-bond acceptors (Lipinski definition) is 4. The molecule has 0 bridgehead atoms. The molecule has 20 heavy (non-hydrogen) atoms. The van der Waals surface area contributed by atoms with Crippen molar-refractivity contribution in [3.05, 3.63) is 29.3 Å². The largest absolute Gasteiger partial charge is 0.508 e. The summed E-state index contributed by atoms with van der Waals surface area (Å²) in [5.74, 6) is 0.216. The van der Waals surface area contributed by atoms with Crippen molar-refractivity contribution in [3.63, 3.8) is 0 Å². The van der Waals surface area contributed by atoms with Gasteiger partial charge in [0, 0.05) is 30.0 Å². The maximum absolute atomic E-state index is 12.6. The standard InChI is InChI=1S/C15H19NO4/c1-10-2-3-12(18)4-13(10)14(19)16-5-11-6-20-9-15(11,7-16)8-17/h2-4,11,17-18H,5-9H2,1H3/t11-,15-/m0/s1. The van der Waals surface area contributed by atoms with E-state index in [-0.39, 0.29) is 29.6 Å². The highest BCUT2D eigenvalue weighted by atomic mass is 16.5. The third-order valence-electron chi connectivity index (χ3n) is 4.57. The molecule has 2 heterocycles. The Balaban J connectivity index is 1.84. The van der Waals surface area contributed by atoms with Crippen LogP contribution in [0.1, 0.15) is 15.9 Å². The monoisotopic (exact) mass is 277 g/mol. The first-order valence-corrected chi connectivity index (χ1v) is 6.83. The lowest BCUT2D eigenvalue weighted by molar-refractivity contribution is 0.0630. The smallest absolute Gasteiger partial charge is 0.254 e. The minimum Gasteiger partial charge on any atom is -0.508 e. The van der Waals surface area contributed by atoms with Crippen LogP contribution >= 0.6 is 0 Å². The second-order valence-electron chi connectivity index (χ2n) is 5.92. The first-order chi connectivity index (χ1) is 9.55. The highest BCUT2D eigenvalue weighted by molar-refractivity contribution is 5.96. The number of aliphatic hydroxyl groups excluding tert-OH is 1. The van der Waals surface area contributed by atoms with Gasteiger partial charge in [0.25, 0.3) is 5.91 Å². The zero-order chi connectivity index (χ0) is 14.3. The summed E-state index contributed by atoms with van der Waals surface area (Å²) >= 11 is 0. The molecule has 1 amide bonds. The molecule has 0 unspecified atom stereocenters. The van der Waals surface area contributed by atoms with Gasteiger partial charge in [0.2, 0.25) is 0 Å². The molecule has 108 valence electrons. The molecule has 2 saturated heterocycles. The lowest BCUT2D eigenvalue weighted by atomic mass is 9.82. The highest BCUT2D eigenvalue weighted by Gasteiger charge is 2.51. The fraction of sp³-hybridized carbons (Fsp3) is 0.533. The first kappa shape index (κ1) is 13.4. The van der Waals surface area contributed by atoms with Crippen molar-refractivity contribution in [3.8, 4) is 5.75 Å². The molecule has 2 fully saturated rings. The third-order valence-corrected chi connectivity index (χ3v) is 4.57. The molecule has 2 atom stereocenters. The summed E-state index contributed by atoms with van der Waals surface area (Å²) in [5, 5.41) is 19.2. The van der Waals surface area contributed by atoms with Crippen LogP contribution in [0.2, 0.25) is 0 Å². The number of amides is 1. The van der Waals surface area contributed by atoms with Crippen LogP contribution in [-0.4, -0.2) is 53.9 Å². The van der Waals surface area contributed by atoms with E-state index in [2.05, 4.69) is 0 Å².